The zero-order chi connectivity index (χ0) is 9.19. The third-order valence-electron chi connectivity index (χ3n) is 2.27. The number of alkyl halides is 2. The lowest BCUT2D eigenvalue weighted by Crippen LogP contribution is -2.44. The highest BCUT2D eigenvalue weighted by Gasteiger charge is 2.45. The highest BCUT2D eigenvalue weighted by molar-refractivity contribution is 6.40. The van der Waals surface area contributed by atoms with E-state index in [-0.39, 0.29) is 5.38 Å². The Morgan fingerprint density at radius 2 is 2.25 bits per heavy atom. The largest absolute Gasteiger partial charge is 0.468 e. The van der Waals surface area contributed by atoms with Gasteiger partial charge in [0, 0.05) is 0 Å². The number of ether oxygens (including phenoxy) is 1. The van der Waals surface area contributed by atoms with E-state index in [1.165, 1.54) is 7.11 Å². The van der Waals surface area contributed by atoms with Gasteiger partial charge >= 0.3 is 5.97 Å². The van der Waals surface area contributed by atoms with Gasteiger partial charge in [-0.05, 0) is 12.8 Å². The second-order valence-corrected chi connectivity index (χ2v) is 4.27. The van der Waals surface area contributed by atoms with E-state index in [2.05, 4.69) is 4.74 Å². The molecule has 0 bridgehead atoms. The van der Waals surface area contributed by atoms with E-state index in [1.807, 2.05) is 0 Å². The summed E-state index contributed by atoms with van der Waals surface area (Å²) in [4.78, 5) is 10.3. The van der Waals surface area contributed by atoms with Crippen LogP contribution < -0.4 is 0 Å². The van der Waals surface area contributed by atoms with Gasteiger partial charge in [-0.3, -0.25) is 4.79 Å². The predicted octanol–water partition coefficient (Wildman–Crippen LogP) is 2.32. The van der Waals surface area contributed by atoms with Gasteiger partial charge in [-0.2, -0.15) is 0 Å². The molecule has 4 heteroatoms. The molecule has 1 rings (SSSR count). The highest BCUT2D eigenvalue weighted by atomic mass is 35.5. The SMILES string of the molecule is COC(=O)C1(Cl)CCCCC1Cl. The standard InChI is InChI=1S/C8H12Cl2O2/c1-12-7(11)8(10)5-3-2-4-6(8)9/h6H,2-5H2,1H3. The lowest BCUT2D eigenvalue weighted by atomic mass is 9.88. The lowest BCUT2D eigenvalue weighted by molar-refractivity contribution is -0.144. The van der Waals surface area contributed by atoms with Crippen molar-refractivity contribution in [2.75, 3.05) is 7.11 Å². The summed E-state index contributed by atoms with van der Waals surface area (Å²) in [7, 11) is 1.34. The van der Waals surface area contributed by atoms with Gasteiger partial charge in [-0.25, -0.2) is 0 Å². The fourth-order valence-electron chi connectivity index (χ4n) is 1.49. The minimum Gasteiger partial charge on any atom is -0.468 e. The van der Waals surface area contributed by atoms with Crippen molar-refractivity contribution in [2.24, 2.45) is 0 Å². The van der Waals surface area contributed by atoms with Crippen molar-refractivity contribution in [2.45, 2.75) is 35.9 Å². The molecule has 1 saturated carbocycles. The Kier molecular flexibility index (Phi) is 3.24. The molecule has 70 valence electrons. The maximum Gasteiger partial charge on any atom is 0.328 e. The van der Waals surface area contributed by atoms with E-state index >= 15 is 0 Å². The number of rotatable bonds is 1. The van der Waals surface area contributed by atoms with Crippen LogP contribution in [0.3, 0.4) is 0 Å². The average Bonchev–Trinajstić information content (AvgIpc) is 2.09. The Bertz CT molecular complexity index is 184. The molecule has 0 radical (unpaired) electrons. The average molecular weight is 211 g/mol. The number of carbonyl (C=O) groups excluding carboxylic acids is 1. The third-order valence-corrected chi connectivity index (χ3v) is 3.58. The van der Waals surface area contributed by atoms with Crippen molar-refractivity contribution in [1.29, 1.82) is 0 Å². The van der Waals surface area contributed by atoms with Gasteiger partial charge < -0.3 is 4.74 Å². The van der Waals surface area contributed by atoms with Crippen molar-refractivity contribution >= 4 is 29.2 Å². The number of esters is 1. The van der Waals surface area contributed by atoms with Gasteiger partial charge in [-0.1, -0.05) is 12.8 Å². The fourth-order valence-corrected chi connectivity index (χ4v) is 2.16. The molecule has 0 heterocycles. The van der Waals surface area contributed by atoms with E-state index in [9.17, 15) is 4.79 Å². The quantitative estimate of drug-likeness (QED) is 0.491. The molecule has 0 spiro atoms. The number of halogens is 2. The summed E-state index contributed by atoms with van der Waals surface area (Å²) in [6, 6.07) is 0. The van der Waals surface area contributed by atoms with Crippen molar-refractivity contribution in [3.8, 4) is 0 Å². The monoisotopic (exact) mass is 210 g/mol. The lowest BCUT2D eigenvalue weighted by Gasteiger charge is -2.32. The molecular formula is C8H12Cl2O2. The molecule has 1 fully saturated rings. The summed E-state index contributed by atoms with van der Waals surface area (Å²) < 4.78 is 4.61. The number of methoxy groups -OCH3 is 1. The number of hydrogen-bond donors (Lipinski definition) is 0. The summed E-state index contributed by atoms with van der Waals surface area (Å²) in [5.41, 5.74) is 0. The zero-order valence-corrected chi connectivity index (χ0v) is 8.49. The van der Waals surface area contributed by atoms with Crippen molar-refractivity contribution in [3.63, 3.8) is 0 Å². The summed E-state index contributed by atoms with van der Waals surface area (Å²) in [6.07, 6.45) is 3.40. The van der Waals surface area contributed by atoms with E-state index in [1.54, 1.807) is 0 Å². The van der Waals surface area contributed by atoms with E-state index in [0.717, 1.165) is 19.3 Å². The minimum atomic E-state index is -0.978. The van der Waals surface area contributed by atoms with Crippen LogP contribution in [0.15, 0.2) is 0 Å². The summed E-state index contributed by atoms with van der Waals surface area (Å²) in [5, 5.41) is -0.291. The molecule has 12 heavy (non-hydrogen) atoms. The molecule has 1 aliphatic rings. The van der Waals surface area contributed by atoms with Crippen LogP contribution in [-0.2, 0) is 9.53 Å². The Labute approximate surface area is 82.2 Å². The van der Waals surface area contributed by atoms with E-state index < -0.39 is 10.8 Å². The molecule has 0 amide bonds. The fraction of sp³-hybridized carbons (Fsp3) is 0.875. The highest BCUT2D eigenvalue weighted by Crippen LogP contribution is 2.38. The van der Waals surface area contributed by atoms with Gasteiger partial charge in [0.1, 0.15) is 0 Å². The van der Waals surface area contributed by atoms with Crippen LogP contribution in [0.1, 0.15) is 25.7 Å². The molecule has 2 atom stereocenters. The normalized spacial score (nSPS) is 36.1. The molecule has 1 aliphatic carbocycles. The maximum absolute atomic E-state index is 11.3. The molecular weight excluding hydrogens is 199 g/mol. The van der Waals surface area contributed by atoms with Crippen LogP contribution in [-0.4, -0.2) is 23.3 Å². The molecule has 0 aromatic heterocycles. The van der Waals surface area contributed by atoms with Gasteiger partial charge in [-0.15, -0.1) is 23.2 Å². The first-order valence-corrected chi connectivity index (χ1v) is 4.84. The summed E-state index contributed by atoms with van der Waals surface area (Å²) in [5.74, 6) is -0.399. The van der Waals surface area contributed by atoms with Crippen LogP contribution in [0.5, 0.6) is 0 Å². The first kappa shape index (κ1) is 10.1. The van der Waals surface area contributed by atoms with Crippen LogP contribution in [0.2, 0.25) is 0 Å². The van der Waals surface area contributed by atoms with Crippen LogP contribution in [0.25, 0.3) is 0 Å². The zero-order valence-electron chi connectivity index (χ0n) is 6.98. The second-order valence-electron chi connectivity index (χ2n) is 3.07. The minimum absolute atomic E-state index is 0.291. The Morgan fingerprint density at radius 1 is 1.58 bits per heavy atom. The van der Waals surface area contributed by atoms with Gasteiger partial charge in [0.25, 0.3) is 0 Å². The van der Waals surface area contributed by atoms with Gasteiger partial charge in [0.2, 0.25) is 0 Å². The van der Waals surface area contributed by atoms with E-state index in [0.29, 0.717) is 6.42 Å². The first-order valence-electron chi connectivity index (χ1n) is 4.02. The van der Waals surface area contributed by atoms with E-state index in [4.69, 9.17) is 23.2 Å². The Morgan fingerprint density at radius 3 is 2.75 bits per heavy atom. The topological polar surface area (TPSA) is 26.3 Å². The smallest absolute Gasteiger partial charge is 0.328 e. The Hall–Kier alpha value is 0.0500. The maximum atomic E-state index is 11.3. The molecule has 2 nitrogen and oxygen atoms in total. The second kappa shape index (κ2) is 3.84. The molecule has 0 N–H and O–H groups in total. The number of carbonyl (C=O) groups is 1. The Balaban J connectivity index is 2.72. The van der Waals surface area contributed by atoms with Gasteiger partial charge in [0.15, 0.2) is 4.87 Å². The third kappa shape index (κ3) is 1.69. The van der Waals surface area contributed by atoms with Gasteiger partial charge in [0.05, 0.1) is 12.5 Å². The van der Waals surface area contributed by atoms with Crippen molar-refractivity contribution < 1.29 is 9.53 Å². The van der Waals surface area contributed by atoms with Crippen LogP contribution >= 0.6 is 23.2 Å². The van der Waals surface area contributed by atoms with Crippen molar-refractivity contribution in [1.82, 2.24) is 0 Å². The van der Waals surface area contributed by atoms with Crippen LogP contribution in [0, 0.1) is 0 Å². The first-order chi connectivity index (χ1) is 5.61. The molecule has 0 aliphatic heterocycles. The molecule has 0 saturated heterocycles. The summed E-state index contributed by atoms with van der Waals surface area (Å²) >= 11 is 12.0. The van der Waals surface area contributed by atoms with Crippen LogP contribution in [0.4, 0.5) is 0 Å². The number of hydrogen-bond acceptors (Lipinski definition) is 2. The predicted molar refractivity (Wildman–Crippen MR) is 48.7 cm³/mol. The molecule has 2 unspecified atom stereocenters. The van der Waals surface area contributed by atoms with Crippen molar-refractivity contribution in [3.05, 3.63) is 0 Å². The molecule has 0 aromatic rings. The summed E-state index contributed by atoms with van der Waals surface area (Å²) in [6.45, 7) is 0. The molecule has 0 aromatic carbocycles.